The molecular weight excluding hydrogens is 146 g/mol. The van der Waals surface area contributed by atoms with Crippen LogP contribution in [0, 0.1) is 0 Å². The van der Waals surface area contributed by atoms with Gasteiger partial charge in [-0.05, 0) is 0 Å². The molecule has 0 aromatic rings. The van der Waals surface area contributed by atoms with Gasteiger partial charge in [0.15, 0.2) is 0 Å². The summed E-state index contributed by atoms with van der Waals surface area (Å²) < 4.78 is 5.24. The molecule has 0 bridgehead atoms. The summed E-state index contributed by atoms with van der Waals surface area (Å²) >= 11 is -1.08. The van der Waals surface area contributed by atoms with E-state index in [1.54, 1.807) is 0 Å². The predicted octanol–water partition coefficient (Wildman–Crippen LogP) is 1.66. The summed E-state index contributed by atoms with van der Waals surface area (Å²) in [6.45, 7) is 4.44. The third-order valence-electron chi connectivity index (χ3n) is 1.24. The SMILES string of the molecule is C[CH2][Ga]([CH2]C)[O]C. The summed E-state index contributed by atoms with van der Waals surface area (Å²) in [6.07, 6.45) is 0. The van der Waals surface area contributed by atoms with E-state index in [1.807, 2.05) is 7.11 Å². The molecule has 0 unspecified atom stereocenters. The van der Waals surface area contributed by atoms with E-state index in [9.17, 15) is 0 Å². The van der Waals surface area contributed by atoms with Crippen molar-refractivity contribution in [3.63, 3.8) is 0 Å². The van der Waals surface area contributed by atoms with Gasteiger partial charge in [0.2, 0.25) is 0 Å². The normalized spacial score (nSPS) is 9.00. The number of rotatable bonds is 3. The van der Waals surface area contributed by atoms with Crippen LogP contribution < -0.4 is 0 Å². The standard InChI is InChI=1S/2C2H5.CH3O.Ga/c3*1-2;/h2*1H2,2H3;1H3;/q;;-1;+1. The first kappa shape index (κ1) is 7.60. The Hall–Kier alpha value is 0.596. The molecular formula is C5H13GaO. The fourth-order valence-electron chi connectivity index (χ4n) is 0.622. The van der Waals surface area contributed by atoms with Crippen LogP contribution in [-0.4, -0.2) is 23.7 Å². The molecule has 42 valence electrons. The van der Waals surface area contributed by atoms with Crippen LogP contribution in [-0.2, 0) is 3.53 Å². The first-order valence-electron chi connectivity index (χ1n) is 2.87. The number of hydrogen-bond acceptors (Lipinski definition) is 1. The van der Waals surface area contributed by atoms with E-state index in [0.29, 0.717) is 0 Å². The molecule has 0 aromatic heterocycles. The van der Waals surface area contributed by atoms with E-state index in [-0.39, 0.29) is 0 Å². The molecule has 0 aliphatic carbocycles. The van der Waals surface area contributed by atoms with Crippen LogP contribution in [0.2, 0.25) is 9.95 Å². The van der Waals surface area contributed by atoms with Crippen molar-refractivity contribution in [3.05, 3.63) is 0 Å². The average Bonchev–Trinajstić information content (AvgIpc) is 1.72. The van der Waals surface area contributed by atoms with E-state index < -0.39 is 16.6 Å². The molecule has 1 nitrogen and oxygen atoms in total. The molecule has 0 aromatic carbocycles. The molecule has 7 heavy (non-hydrogen) atoms. The maximum absolute atomic E-state index is 5.24. The third kappa shape index (κ3) is 3.20. The van der Waals surface area contributed by atoms with E-state index in [2.05, 4.69) is 13.8 Å². The average molecular weight is 159 g/mol. The molecule has 0 heterocycles. The zero-order valence-electron chi connectivity index (χ0n) is 5.40. The second-order valence-electron chi connectivity index (χ2n) is 1.67. The molecule has 0 spiro atoms. The van der Waals surface area contributed by atoms with Gasteiger partial charge in [-0.15, -0.1) is 0 Å². The monoisotopic (exact) mass is 158 g/mol. The Balaban J connectivity index is 2.99. The molecule has 0 amide bonds. The summed E-state index contributed by atoms with van der Waals surface area (Å²) in [6, 6.07) is 0. The summed E-state index contributed by atoms with van der Waals surface area (Å²) in [4.78, 5) is 2.64. The second kappa shape index (κ2) is 4.75. The van der Waals surface area contributed by atoms with E-state index in [4.69, 9.17) is 3.53 Å². The van der Waals surface area contributed by atoms with Gasteiger partial charge in [-0.2, -0.15) is 0 Å². The summed E-state index contributed by atoms with van der Waals surface area (Å²) in [5.41, 5.74) is 0. The van der Waals surface area contributed by atoms with Gasteiger partial charge in [-0.3, -0.25) is 0 Å². The Morgan fingerprint density at radius 2 is 1.71 bits per heavy atom. The molecule has 0 aliphatic heterocycles. The minimum atomic E-state index is -1.08. The Morgan fingerprint density at radius 1 is 1.29 bits per heavy atom. The van der Waals surface area contributed by atoms with E-state index in [0.717, 1.165) is 0 Å². The van der Waals surface area contributed by atoms with Crippen molar-refractivity contribution < 1.29 is 3.53 Å². The molecule has 0 fully saturated rings. The molecule has 0 atom stereocenters. The molecule has 0 saturated heterocycles. The molecule has 2 heteroatoms. The summed E-state index contributed by atoms with van der Waals surface area (Å²) in [5, 5.41) is 0. The van der Waals surface area contributed by atoms with E-state index in [1.165, 1.54) is 9.95 Å². The van der Waals surface area contributed by atoms with Gasteiger partial charge in [0, 0.05) is 0 Å². The molecule has 0 radical (unpaired) electrons. The van der Waals surface area contributed by atoms with Crippen molar-refractivity contribution in [1.82, 2.24) is 0 Å². The van der Waals surface area contributed by atoms with Gasteiger partial charge in [0.05, 0.1) is 0 Å². The molecule has 0 rings (SSSR count). The van der Waals surface area contributed by atoms with Crippen molar-refractivity contribution in [2.24, 2.45) is 0 Å². The predicted molar refractivity (Wildman–Crippen MR) is 33.7 cm³/mol. The number of hydrogen-bond donors (Lipinski definition) is 0. The molecule has 0 aliphatic rings. The van der Waals surface area contributed by atoms with Gasteiger partial charge in [-0.1, -0.05) is 0 Å². The van der Waals surface area contributed by atoms with E-state index >= 15 is 0 Å². The first-order chi connectivity index (χ1) is 3.35. The fraction of sp³-hybridized carbons (Fsp3) is 1.00. The van der Waals surface area contributed by atoms with Crippen LogP contribution in [0.3, 0.4) is 0 Å². The van der Waals surface area contributed by atoms with Crippen LogP contribution in [0.15, 0.2) is 0 Å². The van der Waals surface area contributed by atoms with Crippen molar-refractivity contribution in [1.29, 1.82) is 0 Å². The third-order valence-corrected chi connectivity index (χ3v) is 6.46. The Bertz CT molecular complexity index is 29.6. The van der Waals surface area contributed by atoms with Crippen molar-refractivity contribution in [2.45, 2.75) is 23.8 Å². The van der Waals surface area contributed by atoms with Gasteiger partial charge in [0.25, 0.3) is 0 Å². The van der Waals surface area contributed by atoms with Crippen molar-refractivity contribution in [3.8, 4) is 0 Å². The Kier molecular flexibility index (Phi) is 5.15. The van der Waals surface area contributed by atoms with Crippen molar-refractivity contribution >= 4 is 16.6 Å². The second-order valence-corrected chi connectivity index (χ2v) is 8.70. The minimum absolute atomic E-state index is 1.08. The van der Waals surface area contributed by atoms with Crippen molar-refractivity contribution in [2.75, 3.05) is 7.11 Å². The topological polar surface area (TPSA) is 9.23 Å². The van der Waals surface area contributed by atoms with Gasteiger partial charge < -0.3 is 0 Å². The van der Waals surface area contributed by atoms with Gasteiger partial charge >= 0.3 is 51.0 Å². The summed E-state index contributed by atoms with van der Waals surface area (Å²) in [5.74, 6) is 0. The maximum atomic E-state index is 5.24. The molecule has 0 N–H and O–H groups in total. The van der Waals surface area contributed by atoms with Crippen LogP contribution in [0.25, 0.3) is 0 Å². The molecule has 0 saturated carbocycles. The van der Waals surface area contributed by atoms with Crippen LogP contribution in [0.1, 0.15) is 13.8 Å². The zero-order valence-corrected chi connectivity index (χ0v) is 7.82. The fourth-order valence-corrected chi connectivity index (χ4v) is 3.23. The Labute approximate surface area is 51.5 Å². The zero-order chi connectivity index (χ0) is 5.70. The van der Waals surface area contributed by atoms with Crippen LogP contribution in [0.4, 0.5) is 0 Å². The van der Waals surface area contributed by atoms with Gasteiger partial charge in [-0.25, -0.2) is 0 Å². The first-order valence-corrected chi connectivity index (χ1v) is 7.29. The van der Waals surface area contributed by atoms with Crippen LogP contribution >= 0.6 is 0 Å². The summed E-state index contributed by atoms with van der Waals surface area (Å²) in [7, 11) is 1.84. The Morgan fingerprint density at radius 3 is 1.71 bits per heavy atom. The van der Waals surface area contributed by atoms with Crippen LogP contribution in [0.5, 0.6) is 0 Å². The quantitative estimate of drug-likeness (QED) is 0.569. The van der Waals surface area contributed by atoms with Gasteiger partial charge in [0.1, 0.15) is 0 Å².